The maximum atomic E-state index is 12.9. The first-order chi connectivity index (χ1) is 16.1. The average molecular weight is 466 g/mol. The number of aliphatic hydroxyl groups is 1. The van der Waals surface area contributed by atoms with Gasteiger partial charge in [-0.05, 0) is 42.8 Å². The van der Waals surface area contributed by atoms with Crippen LogP contribution in [-0.4, -0.2) is 23.1 Å². The molecule has 0 fully saturated rings. The number of aromatic nitrogens is 1. The fourth-order valence-electron chi connectivity index (χ4n) is 3.57. The third-order valence-electron chi connectivity index (χ3n) is 5.54. The average Bonchev–Trinajstić information content (AvgIpc) is 2.83. The Labute approximate surface area is 193 Å². The summed E-state index contributed by atoms with van der Waals surface area (Å²) in [6.07, 6.45) is -4.43. The number of benzene rings is 3. The van der Waals surface area contributed by atoms with Gasteiger partial charge in [0.15, 0.2) is 5.60 Å². The smallest absolute Gasteiger partial charge is 0.416 e. The molecule has 8 heteroatoms. The monoisotopic (exact) mass is 466 g/mol. The number of amides is 1. The number of nitrogens with zero attached hydrogens (tertiary/aromatic N) is 1. The number of hydrogen-bond acceptors (Lipinski definition) is 4. The van der Waals surface area contributed by atoms with Gasteiger partial charge in [0.05, 0.1) is 23.9 Å². The van der Waals surface area contributed by atoms with Crippen molar-refractivity contribution in [3.05, 3.63) is 90.0 Å². The fourth-order valence-corrected chi connectivity index (χ4v) is 3.57. The minimum atomic E-state index is -4.43. The van der Waals surface area contributed by atoms with Crippen LogP contribution in [0, 0.1) is 0 Å². The molecule has 1 aromatic heterocycles. The zero-order chi connectivity index (χ0) is 24.5. The number of carbonyl (C=O) groups is 1. The normalized spacial score (nSPS) is 13.4. The van der Waals surface area contributed by atoms with Gasteiger partial charge in [-0.1, -0.05) is 42.5 Å². The Bertz CT molecular complexity index is 1340. The number of halogens is 3. The third kappa shape index (κ3) is 4.58. The highest BCUT2D eigenvalue weighted by atomic mass is 19.4. The lowest BCUT2D eigenvalue weighted by atomic mass is 9.95. The van der Waals surface area contributed by atoms with E-state index < -0.39 is 23.2 Å². The molecule has 2 N–H and O–H groups in total. The molecule has 0 radical (unpaired) electrons. The van der Waals surface area contributed by atoms with Crippen LogP contribution < -0.4 is 10.1 Å². The predicted molar refractivity (Wildman–Crippen MR) is 123 cm³/mol. The van der Waals surface area contributed by atoms with Gasteiger partial charge in [0.2, 0.25) is 0 Å². The number of anilines is 1. The molecule has 5 nitrogen and oxygen atoms in total. The predicted octanol–water partition coefficient (Wildman–Crippen LogP) is 5.78. The molecule has 0 aliphatic carbocycles. The van der Waals surface area contributed by atoms with Gasteiger partial charge >= 0.3 is 6.18 Å². The number of alkyl halides is 3. The fraction of sp³-hybridized carbons (Fsp3) is 0.154. The molecular formula is C26H21F3N2O3. The molecule has 1 heterocycles. The van der Waals surface area contributed by atoms with E-state index in [9.17, 15) is 23.1 Å². The molecule has 4 aromatic rings. The summed E-state index contributed by atoms with van der Waals surface area (Å²) in [7, 11) is 1.48. The number of pyridine rings is 1. The number of ether oxygens (including phenoxy) is 1. The van der Waals surface area contributed by atoms with Gasteiger partial charge in [-0.15, -0.1) is 0 Å². The zero-order valence-corrected chi connectivity index (χ0v) is 18.4. The van der Waals surface area contributed by atoms with E-state index in [4.69, 9.17) is 4.74 Å². The van der Waals surface area contributed by atoms with E-state index in [1.165, 1.54) is 26.2 Å². The van der Waals surface area contributed by atoms with Crippen molar-refractivity contribution in [2.45, 2.75) is 18.7 Å². The molecule has 0 bridgehead atoms. The molecule has 174 valence electrons. The van der Waals surface area contributed by atoms with Gasteiger partial charge in [-0.2, -0.15) is 13.2 Å². The van der Waals surface area contributed by atoms with Gasteiger partial charge < -0.3 is 15.2 Å². The molecule has 1 atom stereocenters. The van der Waals surface area contributed by atoms with Crippen LogP contribution >= 0.6 is 0 Å². The van der Waals surface area contributed by atoms with Crippen LogP contribution in [0.1, 0.15) is 18.1 Å². The first-order valence-electron chi connectivity index (χ1n) is 10.4. The Hall–Kier alpha value is -3.91. The number of fused-ring (bicyclic) bond motifs is 1. The van der Waals surface area contributed by atoms with E-state index in [0.717, 1.165) is 12.1 Å². The van der Waals surface area contributed by atoms with Crippen molar-refractivity contribution in [3.63, 3.8) is 0 Å². The second-order valence-electron chi connectivity index (χ2n) is 7.91. The first-order valence-corrected chi connectivity index (χ1v) is 10.4. The topological polar surface area (TPSA) is 71.5 Å². The van der Waals surface area contributed by atoms with Crippen molar-refractivity contribution in [2.24, 2.45) is 0 Å². The van der Waals surface area contributed by atoms with Crippen molar-refractivity contribution in [1.82, 2.24) is 4.98 Å². The van der Waals surface area contributed by atoms with E-state index >= 15 is 0 Å². The highest BCUT2D eigenvalue weighted by Gasteiger charge is 2.32. The third-order valence-corrected chi connectivity index (χ3v) is 5.54. The van der Waals surface area contributed by atoms with Gasteiger partial charge in [0, 0.05) is 22.7 Å². The van der Waals surface area contributed by atoms with E-state index in [1.807, 2.05) is 0 Å². The Morgan fingerprint density at radius 1 is 0.941 bits per heavy atom. The van der Waals surface area contributed by atoms with Gasteiger partial charge in [-0.3, -0.25) is 4.79 Å². The maximum Gasteiger partial charge on any atom is 0.416 e. The van der Waals surface area contributed by atoms with Crippen LogP contribution in [-0.2, 0) is 16.6 Å². The molecule has 0 spiro atoms. The largest absolute Gasteiger partial charge is 0.496 e. The summed E-state index contributed by atoms with van der Waals surface area (Å²) in [4.78, 5) is 17.4. The Morgan fingerprint density at radius 3 is 2.24 bits per heavy atom. The second-order valence-corrected chi connectivity index (χ2v) is 7.91. The van der Waals surface area contributed by atoms with Crippen LogP contribution in [0.3, 0.4) is 0 Å². The molecule has 1 amide bonds. The number of nitrogens with one attached hydrogen (secondary N) is 1. The summed E-state index contributed by atoms with van der Waals surface area (Å²) in [5.41, 5.74) is -0.312. The summed E-state index contributed by atoms with van der Waals surface area (Å²) in [6.45, 7) is 1.41. The number of methoxy groups -OCH3 is 1. The number of carbonyl (C=O) groups excluding carboxylic acids is 1. The SMILES string of the molecule is COc1cc(-c2ccc(C(F)(F)F)cc2)nc2cc(NC(=O)C(C)(O)c3ccccc3)ccc12. The highest BCUT2D eigenvalue weighted by Crippen LogP contribution is 2.34. The van der Waals surface area contributed by atoms with Gasteiger partial charge in [0.25, 0.3) is 5.91 Å². The Balaban J connectivity index is 1.68. The van der Waals surface area contributed by atoms with E-state index in [-0.39, 0.29) is 0 Å². The van der Waals surface area contributed by atoms with Gasteiger partial charge in [0.1, 0.15) is 5.75 Å². The molecule has 0 saturated carbocycles. The zero-order valence-electron chi connectivity index (χ0n) is 18.4. The minimum absolute atomic E-state index is 0.396. The Kier molecular flexibility index (Phi) is 6.01. The van der Waals surface area contributed by atoms with Crippen molar-refractivity contribution >= 4 is 22.5 Å². The summed E-state index contributed by atoms with van der Waals surface area (Å²) in [5.74, 6) is -0.141. The standard InChI is InChI=1S/C26H21F3N2O3/c1-25(33,17-6-4-3-5-7-17)24(32)30-19-12-13-20-22(14-19)31-21(15-23(20)34-2)16-8-10-18(11-9-16)26(27,28)29/h3-15,33H,1-2H3,(H,30,32). The summed E-state index contributed by atoms with van der Waals surface area (Å²) in [5, 5.41) is 14.1. The van der Waals surface area contributed by atoms with Crippen LogP contribution in [0.5, 0.6) is 5.75 Å². The van der Waals surface area contributed by atoms with Crippen LogP contribution in [0.4, 0.5) is 18.9 Å². The van der Waals surface area contributed by atoms with Crippen molar-refractivity contribution in [1.29, 1.82) is 0 Å². The van der Waals surface area contributed by atoms with E-state index in [2.05, 4.69) is 10.3 Å². The van der Waals surface area contributed by atoms with Gasteiger partial charge in [-0.25, -0.2) is 4.98 Å². The summed E-state index contributed by atoms with van der Waals surface area (Å²) >= 11 is 0. The van der Waals surface area contributed by atoms with E-state index in [0.29, 0.717) is 39.2 Å². The maximum absolute atomic E-state index is 12.9. The highest BCUT2D eigenvalue weighted by molar-refractivity contribution is 5.99. The molecule has 0 aliphatic heterocycles. The minimum Gasteiger partial charge on any atom is -0.496 e. The van der Waals surface area contributed by atoms with Crippen LogP contribution in [0.2, 0.25) is 0 Å². The number of rotatable bonds is 5. The lowest BCUT2D eigenvalue weighted by Crippen LogP contribution is -2.37. The second kappa shape index (κ2) is 8.79. The molecule has 3 aromatic carbocycles. The lowest BCUT2D eigenvalue weighted by Gasteiger charge is -2.23. The van der Waals surface area contributed by atoms with Crippen molar-refractivity contribution in [2.75, 3.05) is 12.4 Å². The summed E-state index contributed by atoms with van der Waals surface area (Å²) in [6, 6.07) is 19.9. The summed E-state index contributed by atoms with van der Waals surface area (Å²) < 4.78 is 44.2. The first kappa shape index (κ1) is 23.3. The Morgan fingerprint density at radius 2 is 1.62 bits per heavy atom. The molecule has 34 heavy (non-hydrogen) atoms. The molecule has 1 unspecified atom stereocenters. The molecule has 4 rings (SSSR count). The van der Waals surface area contributed by atoms with E-state index in [1.54, 1.807) is 54.6 Å². The van der Waals surface area contributed by atoms with Crippen LogP contribution in [0.15, 0.2) is 78.9 Å². The molecule has 0 aliphatic rings. The molecule has 0 saturated heterocycles. The quantitative estimate of drug-likeness (QED) is 0.391. The van der Waals surface area contributed by atoms with Crippen LogP contribution in [0.25, 0.3) is 22.2 Å². The molecular weight excluding hydrogens is 445 g/mol. The number of hydrogen-bond donors (Lipinski definition) is 2. The van der Waals surface area contributed by atoms with Crippen molar-refractivity contribution < 1.29 is 27.8 Å². The lowest BCUT2D eigenvalue weighted by molar-refractivity contribution is -0.137. The van der Waals surface area contributed by atoms with Crippen molar-refractivity contribution in [3.8, 4) is 17.0 Å².